The van der Waals surface area contributed by atoms with E-state index in [4.69, 9.17) is 5.73 Å². The Morgan fingerprint density at radius 2 is 2.15 bits per heavy atom. The first-order valence-corrected chi connectivity index (χ1v) is 4.28. The van der Waals surface area contributed by atoms with Crippen LogP contribution in [0.5, 0.6) is 0 Å². The third-order valence-corrected chi connectivity index (χ3v) is 1.68. The van der Waals surface area contributed by atoms with E-state index in [0.29, 0.717) is 0 Å². The molecule has 1 unspecified atom stereocenters. The molecule has 0 bridgehead atoms. The van der Waals surface area contributed by atoms with Crippen LogP contribution in [0.1, 0.15) is 6.92 Å². The lowest BCUT2D eigenvalue weighted by molar-refractivity contribution is -0.119. The number of nitrogens with two attached hydrogens (primary N) is 1. The van der Waals surface area contributed by atoms with E-state index in [-0.39, 0.29) is 5.91 Å². The molecule has 0 aliphatic carbocycles. The number of hydrogen-bond acceptors (Lipinski definition) is 3. The molecule has 0 fully saturated rings. The summed E-state index contributed by atoms with van der Waals surface area (Å²) in [6.07, 6.45) is 0. The van der Waals surface area contributed by atoms with Crippen molar-refractivity contribution in [3.8, 4) is 0 Å². The highest BCUT2D eigenvalue weighted by Gasteiger charge is 2.14. The number of carbonyl (C=O) groups is 1. The number of primary amides is 1. The summed E-state index contributed by atoms with van der Waals surface area (Å²) in [6.45, 7) is 7.09. The molecule has 0 heterocycles. The van der Waals surface area contributed by atoms with Gasteiger partial charge in [-0.3, -0.25) is 4.79 Å². The minimum atomic E-state index is -0.403. The zero-order valence-electron chi connectivity index (χ0n) is 8.63. The first-order valence-electron chi connectivity index (χ1n) is 4.28. The Morgan fingerprint density at radius 3 is 2.46 bits per heavy atom. The van der Waals surface area contributed by atoms with Crippen molar-refractivity contribution in [1.29, 1.82) is 0 Å². The van der Waals surface area contributed by atoms with Crippen LogP contribution in [0.4, 0.5) is 0 Å². The van der Waals surface area contributed by atoms with Crippen LogP contribution in [0.2, 0.25) is 0 Å². The maximum absolute atomic E-state index is 10.9. The van der Waals surface area contributed by atoms with Gasteiger partial charge in [-0.1, -0.05) is 12.2 Å². The lowest BCUT2D eigenvalue weighted by Crippen LogP contribution is -2.44. The fourth-order valence-corrected chi connectivity index (χ4v) is 0.950. The number of amides is 1. The highest BCUT2D eigenvalue weighted by Crippen LogP contribution is 1.95. The number of carbonyl (C=O) groups excluding carboxylic acids is 1. The maximum Gasteiger partial charge on any atom is 0.238 e. The van der Waals surface area contributed by atoms with Gasteiger partial charge in [0.25, 0.3) is 0 Å². The molecule has 4 nitrogen and oxygen atoms in total. The van der Waals surface area contributed by atoms with Crippen LogP contribution < -0.4 is 11.1 Å². The summed E-state index contributed by atoms with van der Waals surface area (Å²) in [6, 6.07) is -0.403. The summed E-state index contributed by atoms with van der Waals surface area (Å²) >= 11 is 0. The van der Waals surface area contributed by atoms with Gasteiger partial charge in [-0.05, 0) is 21.0 Å². The number of hydrogen-bond donors (Lipinski definition) is 2. The Kier molecular flexibility index (Phi) is 5.34. The van der Waals surface area contributed by atoms with E-state index >= 15 is 0 Å². The lowest BCUT2D eigenvalue weighted by Gasteiger charge is -2.17. The molecule has 0 spiro atoms. The van der Waals surface area contributed by atoms with Gasteiger partial charge in [0.1, 0.15) is 6.04 Å². The molecule has 0 radical (unpaired) electrons. The monoisotopic (exact) mass is 185 g/mol. The van der Waals surface area contributed by atoms with Crippen LogP contribution in [0.3, 0.4) is 0 Å². The molecule has 1 amide bonds. The van der Waals surface area contributed by atoms with Gasteiger partial charge in [0.2, 0.25) is 5.91 Å². The average Bonchev–Trinajstić information content (AvgIpc) is 1.95. The highest BCUT2D eigenvalue weighted by molar-refractivity contribution is 5.82. The highest BCUT2D eigenvalue weighted by atomic mass is 16.1. The molecule has 76 valence electrons. The van der Waals surface area contributed by atoms with E-state index in [2.05, 4.69) is 11.9 Å². The van der Waals surface area contributed by atoms with E-state index in [1.807, 2.05) is 19.0 Å². The molecule has 0 aliphatic rings. The third-order valence-electron chi connectivity index (χ3n) is 1.68. The summed E-state index contributed by atoms with van der Waals surface area (Å²) < 4.78 is 0. The molecule has 4 heteroatoms. The Hall–Kier alpha value is -0.870. The predicted octanol–water partition coefficient (Wildman–Crippen LogP) is -0.432. The Morgan fingerprint density at radius 1 is 1.62 bits per heavy atom. The number of rotatable bonds is 6. The largest absolute Gasteiger partial charge is 0.368 e. The van der Waals surface area contributed by atoms with Gasteiger partial charge in [0.05, 0.1) is 0 Å². The van der Waals surface area contributed by atoms with Gasteiger partial charge < -0.3 is 16.0 Å². The van der Waals surface area contributed by atoms with Crippen molar-refractivity contribution < 1.29 is 4.79 Å². The van der Waals surface area contributed by atoms with Crippen molar-refractivity contribution >= 4 is 5.91 Å². The van der Waals surface area contributed by atoms with E-state index in [0.717, 1.165) is 18.7 Å². The second-order valence-electron chi connectivity index (χ2n) is 3.44. The van der Waals surface area contributed by atoms with Crippen LogP contribution in [0.15, 0.2) is 12.2 Å². The van der Waals surface area contributed by atoms with Crippen molar-refractivity contribution in [2.45, 2.75) is 13.0 Å². The van der Waals surface area contributed by atoms with Crippen LogP contribution in [-0.2, 0) is 4.79 Å². The summed E-state index contributed by atoms with van der Waals surface area (Å²) in [4.78, 5) is 12.9. The molecule has 0 aromatic rings. The standard InChI is InChI=1S/C9H19N3O/c1-7(2)8(9(10)13)11-5-6-12(3)4/h8,11H,1,5-6H2,2-4H3,(H2,10,13). The van der Waals surface area contributed by atoms with E-state index in [1.54, 1.807) is 6.92 Å². The Labute approximate surface area is 79.8 Å². The average molecular weight is 185 g/mol. The molecule has 0 aliphatic heterocycles. The van der Waals surface area contributed by atoms with Crippen molar-refractivity contribution in [3.63, 3.8) is 0 Å². The first-order chi connectivity index (χ1) is 5.95. The van der Waals surface area contributed by atoms with Crippen molar-refractivity contribution in [3.05, 3.63) is 12.2 Å². The second-order valence-corrected chi connectivity index (χ2v) is 3.44. The van der Waals surface area contributed by atoms with Crippen LogP contribution in [-0.4, -0.2) is 44.0 Å². The van der Waals surface area contributed by atoms with Gasteiger partial charge >= 0.3 is 0 Å². The number of nitrogens with zero attached hydrogens (tertiary/aromatic N) is 1. The molecule has 0 aromatic carbocycles. The SMILES string of the molecule is C=C(C)C(NCCN(C)C)C(N)=O. The molecule has 0 rings (SSSR count). The first kappa shape index (κ1) is 12.1. The topological polar surface area (TPSA) is 58.4 Å². The quantitative estimate of drug-likeness (QED) is 0.552. The van der Waals surface area contributed by atoms with Gasteiger partial charge in [0, 0.05) is 13.1 Å². The molecular weight excluding hydrogens is 166 g/mol. The van der Waals surface area contributed by atoms with Gasteiger partial charge in [0.15, 0.2) is 0 Å². The van der Waals surface area contributed by atoms with Crippen molar-refractivity contribution in [2.24, 2.45) is 5.73 Å². The Balaban J connectivity index is 3.84. The zero-order chi connectivity index (χ0) is 10.4. The molecule has 3 N–H and O–H groups in total. The minimum absolute atomic E-state index is 0.369. The van der Waals surface area contributed by atoms with Crippen molar-refractivity contribution in [2.75, 3.05) is 27.2 Å². The molecular formula is C9H19N3O. The van der Waals surface area contributed by atoms with Crippen LogP contribution in [0.25, 0.3) is 0 Å². The smallest absolute Gasteiger partial charge is 0.238 e. The molecule has 1 atom stereocenters. The summed E-state index contributed by atoms with van der Waals surface area (Å²) in [7, 11) is 3.95. The molecule has 0 saturated carbocycles. The fraction of sp³-hybridized carbons (Fsp3) is 0.667. The molecule has 13 heavy (non-hydrogen) atoms. The number of nitrogens with one attached hydrogen (secondary N) is 1. The maximum atomic E-state index is 10.9. The lowest BCUT2D eigenvalue weighted by atomic mass is 10.1. The summed E-state index contributed by atoms with van der Waals surface area (Å²) in [5.74, 6) is -0.369. The van der Waals surface area contributed by atoms with E-state index in [9.17, 15) is 4.79 Å². The molecule has 0 aromatic heterocycles. The van der Waals surface area contributed by atoms with E-state index < -0.39 is 6.04 Å². The minimum Gasteiger partial charge on any atom is -0.368 e. The predicted molar refractivity (Wildman–Crippen MR) is 54.4 cm³/mol. The fourth-order valence-electron chi connectivity index (χ4n) is 0.950. The Bertz CT molecular complexity index is 175. The number of likely N-dealkylation sites (N-methyl/N-ethyl adjacent to an activating group) is 1. The summed E-state index contributed by atoms with van der Waals surface area (Å²) in [5.41, 5.74) is 5.93. The normalized spacial score (nSPS) is 12.9. The van der Waals surface area contributed by atoms with Crippen LogP contribution >= 0.6 is 0 Å². The van der Waals surface area contributed by atoms with Crippen LogP contribution in [0, 0.1) is 0 Å². The van der Waals surface area contributed by atoms with Gasteiger partial charge in [-0.2, -0.15) is 0 Å². The molecule has 0 saturated heterocycles. The second kappa shape index (κ2) is 5.72. The van der Waals surface area contributed by atoms with Crippen molar-refractivity contribution in [1.82, 2.24) is 10.2 Å². The third kappa shape index (κ3) is 5.38. The van der Waals surface area contributed by atoms with Gasteiger partial charge in [-0.25, -0.2) is 0 Å². The zero-order valence-corrected chi connectivity index (χ0v) is 8.63. The van der Waals surface area contributed by atoms with E-state index in [1.165, 1.54) is 0 Å². The van der Waals surface area contributed by atoms with Gasteiger partial charge in [-0.15, -0.1) is 0 Å². The summed E-state index contributed by atoms with van der Waals surface area (Å²) in [5, 5.41) is 3.03.